The van der Waals surface area contributed by atoms with Crippen LogP contribution in [0.1, 0.15) is 102 Å². The molecule has 4 fully saturated rings. The third-order valence-corrected chi connectivity index (χ3v) is 10.6. The van der Waals surface area contributed by atoms with E-state index >= 15 is 4.39 Å². The minimum absolute atomic E-state index is 0.0101. The summed E-state index contributed by atoms with van der Waals surface area (Å²) in [4.78, 5) is 39.0. The van der Waals surface area contributed by atoms with Crippen LogP contribution in [-0.2, 0) is 14.3 Å². The zero-order valence-corrected chi connectivity index (χ0v) is 25.6. The normalized spacial score (nSPS) is 31.1. The minimum Gasteiger partial charge on any atom is -0.496 e. The van der Waals surface area contributed by atoms with Crippen molar-refractivity contribution in [1.82, 2.24) is 10.6 Å². The minimum atomic E-state index is -0.593. The average Bonchev–Trinajstić information content (AvgIpc) is 3.55. The monoisotopic (exact) mass is 586 g/mol. The van der Waals surface area contributed by atoms with Crippen molar-refractivity contribution >= 4 is 17.8 Å². The van der Waals surface area contributed by atoms with Crippen LogP contribution in [-0.4, -0.2) is 50.2 Å². The lowest BCUT2D eigenvalue weighted by Crippen LogP contribution is -2.51. The van der Waals surface area contributed by atoms with Gasteiger partial charge in [-0.15, -0.1) is 0 Å². The van der Waals surface area contributed by atoms with Crippen LogP contribution in [0.15, 0.2) is 12.1 Å². The fourth-order valence-electron chi connectivity index (χ4n) is 7.78. The summed E-state index contributed by atoms with van der Waals surface area (Å²) in [7, 11) is 1.41. The Morgan fingerprint density at radius 1 is 0.976 bits per heavy atom. The van der Waals surface area contributed by atoms with Gasteiger partial charge in [-0.05, 0) is 93.4 Å². The number of amides is 2. The summed E-state index contributed by atoms with van der Waals surface area (Å²) in [5.74, 6) is -0.743. The molecule has 2 bridgehead atoms. The van der Waals surface area contributed by atoms with Gasteiger partial charge in [-0.25, -0.2) is 4.39 Å². The molecule has 232 valence electrons. The Hall–Kier alpha value is -2.84. The number of benzene rings is 1. The lowest BCUT2D eigenvalue weighted by Gasteiger charge is -2.39. The first-order valence-corrected chi connectivity index (χ1v) is 15.8. The Morgan fingerprint density at radius 3 is 2.33 bits per heavy atom. The van der Waals surface area contributed by atoms with Crippen LogP contribution in [0.4, 0.5) is 4.39 Å². The molecule has 0 heterocycles. The van der Waals surface area contributed by atoms with Crippen LogP contribution in [0.2, 0.25) is 0 Å². The molecule has 4 aliphatic rings. The van der Waals surface area contributed by atoms with Crippen molar-refractivity contribution in [2.75, 3.05) is 20.3 Å². The molecule has 0 radical (unpaired) electrons. The van der Waals surface area contributed by atoms with Gasteiger partial charge in [0, 0.05) is 18.7 Å². The predicted molar refractivity (Wildman–Crippen MR) is 156 cm³/mol. The Labute approximate surface area is 248 Å². The van der Waals surface area contributed by atoms with E-state index in [1.165, 1.54) is 25.7 Å². The van der Waals surface area contributed by atoms with Crippen molar-refractivity contribution < 1.29 is 33.0 Å². The van der Waals surface area contributed by atoms with Gasteiger partial charge in [0.25, 0.3) is 5.91 Å². The summed E-state index contributed by atoms with van der Waals surface area (Å²) in [5, 5.41) is 6.34. The van der Waals surface area contributed by atoms with Crippen molar-refractivity contribution in [2.24, 2.45) is 28.6 Å². The molecular formula is C33H47FN2O6. The molecule has 0 unspecified atom stereocenters. The molecular weight excluding hydrogens is 539 g/mol. The van der Waals surface area contributed by atoms with Gasteiger partial charge in [0.15, 0.2) is 11.6 Å². The number of hydrogen-bond donors (Lipinski definition) is 2. The summed E-state index contributed by atoms with van der Waals surface area (Å²) in [6.45, 7) is 7.13. The number of nitrogens with one attached hydrogen (secondary N) is 2. The highest BCUT2D eigenvalue weighted by Crippen LogP contribution is 2.49. The average molecular weight is 587 g/mol. The highest BCUT2D eigenvalue weighted by molar-refractivity contribution is 5.98. The molecule has 4 saturated carbocycles. The predicted octanol–water partition coefficient (Wildman–Crippen LogP) is 5.57. The number of carbonyl (C=O) groups is 3. The zero-order valence-electron chi connectivity index (χ0n) is 25.6. The second-order valence-electron chi connectivity index (χ2n) is 13.8. The van der Waals surface area contributed by atoms with Gasteiger partial charge in [-0.3, -0.25) is 14.4 Å². The third kappa shape index (κ3) is 6.55. The van der Waals surface area contributed by atoms with E-state index in [1.807, 2.05) is 0 Å². The maximum absolute atomic E-state index is 15.1. The van der Waals surface area contributed by atoms with Crippen molar-refractivity contribution in [3.8, 4) is 11.5 Å². The van der Waals surface area contributed by atoms with E-state index < -0.39 is 5.82 Å². The number of halogens is 1. The second kappa shape index (κ2) is 12.4. The first kappa shape index (κ1) is 30.6. The van der Waals surface area contributed by atoms with Gasteiger partial charge in [0.05, 0.1) is 37.7 Å². The Kier molecular flexibility index (Phi) is 9.05. The lowest BCUT2D eigenvalue weighted by molar-refractivity contribution is -0.146. The molecule has 0 aromatic heterocycles. The van der Waals surface area contributed by atoms with Gasteiger partial charge in [-0.2, -0.15) is 0 Å². The zero-order chi connectivity index (χ0) is 30.1. The Balaban J connectivity index is 1.24. The van der Waals surface area contributed by atoms with E-state index in [2.05, 4.69) is 24.5 Å². The van der Waals surface area contributed by atoms with Crippen molar-refractivity contribution in [2.45, 2.75) is 104 Å². The fourth-order valence-corrected chi connectivity index (χ4v) is 7.78. The van der Waals surface area contributed by atoms with Crippen molar-refractivity contribution in [3.05, 3.63) is 23.5 Å². The number of hydrogen-bond acceptors (Lipinski definition) is 6. The number of fused-ring (bicyclic) bond motifs is 2. The van der Waals surface area contributed by atoms with E-state index in [-0.39, 0.29) is 75.6 Å². The molecule has 8 nitrogen and oxygen atoms in total. The van der Waals surface area contributed by atoms with Gasteiger partial charge in [0.1, 0.15) is 5.75 Å². The first-order valence-electron chi connectivity index (χ1n) is 15.8. The molecule has 42 heavy (non-hydrogen) atoms. The molecule has 2 amide bonds. The summed E-state index contributed by atoms with van der Waals surface area (Å²) in [5.41, 5.74) is 0.206. The highest BCUT2D eigenvalue weighted by atomic mass is 19.1. The van der Waals surface area contributed by atoms with E-state index in [1.54, 1.807) is 6.92 Å². The molecule has 2 N–H and O–H groups in total. The summed E-state index contributed by atoms with van der Waals surface area (Å²) in [6.07, 6.45) is 9.39. The second-order valence-corrected chi connectivity index (χ2v) is 13.8. The molecule has 0 aliphatic heterocycles. The largest absolute Gasteiger partial charge is 0.496 e. The van der Waals surface area contributed by atoms with E-state index in [9.17, 15) is 14.4 Å². The van der Waals surface area contributed by atoms with Crippen LogP contribution in [0.25, 0.3) is 0 Å². The third-order valence-electron chi connectivity index (χ3n) is 10.6. The van der Waals surface area contributed by atoms with Gasteiger partial charge < -0.3 is 24.8 Å². The molecule has 5 rings (SSSR count). The van der Waals surface area contributed by atoms with E-state index in [0.717, 1.165) is 44.9 Å². The SMILES string of the molecule is CCOC(=O)CC1(C)CCC(Oc2cc(C(=O)N[C@@H]3[C@H]4CC[C@H](C4)[C@@H]3C(=O)NCC3(C)CCC3)c(OC)cc2F)CC1. The highest BCUT2D eigenvalue weighted by Gasteiger charge is 2.51. The van der Waals surface area contributed by atoms with Crippen molar-refractivity contribution in [3.63, 3.8) is 0 Å². The molecule has 1 aromatic rings. The number of rotatable bonds is 11. The molecule has 0 spiro atoms. The van der Waals surface area contributed by atoms with Crippen LogP contribution in [0.5, 0.6) is 11.5 Å². The smallest absolute Gasteiger partial charge is 0.306 e. The Morgan fingerprint density at radius 2 is 1.69 bits per heavy atom. The molecule has 4 aliphatic carbocycles. The summed E-state index contributed by atoms with van der Waals surface area (Å²) >= 11 is 0. The number of ether oxygens (including phenoxy) is 3. The fraction of sp³-hybridized carbons (Fsp3) is 0.727. The maximum atomic E-state index is 15.1. The molecule has 4 atom stereocenters. The summed E-state index contributed by atoms with van der Waals surface area (Å²) in [6, 6.07) is 2.36. The number of methoxy groups -OCH3 is 1. The van der Waals surface area contributed by atoms with Crippen LogP contribution < -0.4 is 20.1 Å². The molecule has 0 saturated heterocycles. The van der Waals surface area contributed by atoms with Crippen LogP contribution in [0, 0.1) is 34.4 Å². The first-order chi connectivity index (χ1) is 20.0. The van der Waals surface area contributed by atoms with Crippen LogP contribution >= 0.6 is 0 Å². The van der Waals surface area contributed by atoms with Gasteiger partial charge in [-0.1, -0.05) is 20.3 Å². The number of carbonyl (C=O) groups excluding carboxylic acids is 3. The van der Waals surface area contributed by atoms with Gasteiger partial charge in [0.2, 0.25) is 5.91 Å². The molecule has 1 aromatic carbocycles. The van der Waals surface area contributed by atoms with E-state index in [4.69, 9.17) is 14.2 Å². The van der Waals surface area contributed by atoms with Crippen molar-refractivity contribution in [1.29, 1.82) is 0 Å². The lowest BCUT2D eigenvalue weighted by atomic mass is 9.70. The van der Waals surface area contributed by atoms with Gasteiger partial charge >= 0.3 is 5.97 Å². The molecule has 9 heteroatoms. The quantitative estimate of drug-likeness (QED) is 0.329. The number of esters is 1. The topological polar surface area (TPSA) is 103 Å². The van der Waals surface area contributed by atoms with E-state index in [0.29, 0.717) is 32.4 Å². The maximum Gasteiger partial charge on any atom is 0.306 e. The Bertz CT molecular complexity index is 1180. The standard InChI is InChI=1S/C33H47FN2O6/c1-5-41-27(37)18-32(2)13-9-22(10-14-32)42-26-16-23(25(40-4)17-24(26)34)30(38)36-29-21-8-7-20(15-21)28(29)31(39)35-19-33(3)11-6-12-33/h16-17,20-22,28-29H,5-15,18-19H2,1-4H3,(H,35,39)(H,36,38)/t20-,21+,22?,28+,29-,32?/m1/s1. The van der Waals surface area contributed by atoms with Crippen LogP contribution in [0.3, 0.4) is 0 Å². The summed E-state index contributed by atoms with van der Waals surface area (Å²) < 4.78 is 31.7.